The number of hydrogen-bond donors (Lipinski definition) is 1. The molecule has 0 radical (unpaired) electrons. The molecular weight excluding hydrogens is 624 g/mol. The molecule has 0 aliphatic carbocycles. The fraction of sp³-hybridized carbons (Fsp3) is 0.618. The topological polar surface area (TPSA) is 162 Å². The smallest absolute Gasteiger partial charge is 0.410 e. The summed E-state index contributed by atoms with van der Waals surface area (Å²) in [5, 5.41) is 15.7. The first kappa shape index (κ1) is 38.3. The third-order valence-electron chi connectivity index (χ3n) is 7.47. The second-order valence-corrected chi connectivity index (χ2v) is 13.7. The molecule has 4 rings (SSSR count). The van der Waals surface area contributed by atoms with Crippen molar-refractivity contribution in [2.75, 3.05) is 27.3 Å². The molecule has 3 heterocycles. The Morgan fingerprint density at radius 1 is 0.938 bits per heavy atom. The Labute approximate surface area is 282 Å². The summed E-state index contributed by atoms with van der Waals surface area (Å²) in [6.45, 7) is 12.0. The van der Waals surface area contributed by atoms with Crippen LogP contribution in [0.4, 0.5) is 9.59 Å². The summed E-state index contributed by atoms with van der Waals surface area (Å²) in [7, 11) is 3.21. The van der Waals surface area contributed by atoms with Gasteiger partial charge in [-0.2, -0.15) is 0 Å². The Hall–Kier alpha value is -4.17. The maximum Gasteiger partial charge on any atom is 0.410 e. The van der Waals surface area contributed by atoms with Gasteiger partial charge in [-0.1, -0.05) is 40.6 Å². The third-order valence-corrected chi connectivity index (χ3v) is 7.47. The number of likely N-dealkylation sites (tertiary alicyclic amines) is 2. The zero-order valence-corrected chi connectivity index (χ0v) is 29.2. The standard InChI is InChI=1S/C23H30N2O6.C11H20N2O4/c1-23(2,3)30-22(27)25-14-18(28-4)13-20(25)19-12-17(31-24-19)10-11-21(26)29-15-16-8-6-5-7-9-16;1-11(2,3)17-10(14)13-7-9(16-4)5-8(13)6-12-15/h5-9,12,18,20H,10-11,13-15H2,1-4H3;6,8-9,15H,5,7H2,1-4H3/b;12-6+/t18-,20-;8-,9-/m00/s1. The van der Waals surface area contributed by atoms with Crippen LogP contribution in [0.15, 0.2) is 46.1 Å². The average Bonchev–Trinajstić information content (AvgIpc) is 3.77. The first-order chi connectivity index (χ1) is 22.6. The number of rotatable bonds is 9. The van der Waals surface area contributed by atoms with Crippen molar-refractivity contribution in [1.82, 2.24) is 15.0 Å². The van der Waals surface area contributed by atoms with E-state index >= 15 is 0 Å². The van der Waals surface area contributed by atoms with Crippen LogP contribution in [-0.2, 0) is 41.5 Å². The van der Waals surface area contributed by atoms with Crippen LogP contribution in [0.2, 0.25) is 0 Å². The molecular formula is C34H50N4O10. The van der Waals surface area contributed by atoms with Crippen LogP contribution in [0.1, 0.15) is 83.9 Å². The highest BCUT2D eigenvalue weighted by molar-refractivity contribution is 5.76. The summed E-state index contributed by atoms with van der Waals surface area (Å²) in [4.78, 5) is 39.7. The normalized spacial score (nSPS) is 21.2. The molecule has 2 saturated heterocycles. The molecule has 266 valence electrons. The number of benzene rings is 1. The molecule has 0 unspecified atom stereocenters. The number of nitrogens with zero attached hydrogens (tertiary/aromatic N) is 4. The van der Waals surface area contributed by atoms with Gasteiger partial charge >= 0.3 is 18.2 Å². The zero-order valence-electron chi connectivity index (χ0n) is 29.2. The monoisotopic (exact) mass is 674 g/mol. The van der Waals surface area contributed by atoms with E-state index in [1.54, 1.807) is 25.2 Å². The van der Waals surface area contributed by atoms with Crippen molar-refractivity contribution in [3.8, 4) is 0 Å². The Balaban J connectivity index is 0.000000311. The van der Waals surface area contributed by atoms with Crippen LogP contribution in [0.25, 0.3) is 0 Å². The van der Waals surface area contributed by atoms with Crippen molar-refractivity contribution in [3.05, 3.63) is 53.4 Å². The maximum atomic E-state index is 12.6. The molecule has 4 atom stereocenters. The number of carbonyl (C=O) groups is 3. The van der Waals surface area contributed by atoms with Crippen LogP contribution in [0, 0.1) is 0 Å². The summed E-state index contributed by atoms with van der Waals surface area (Å²) < 4.78 is 32.2. The number of aromatic nitrogens is 1. The number of hydrogen-bond acceptors (Lipinski definition) is 12. The van der Waals surface area contributed by atoms with Crippen LogP contribution >= 0.6 is 0 Å². The Bertz CT molecular complexity index is 1350. The number of amides is 2. The Morgan fingerprint density at radius 2 is 1.52 bits per heavy atom. The second kappa shape index (κ2) is 17.3. The van der Waals surface area contributed by atoms with Gasteiger partial charge in [-0.25, -0.2) is 9.59 Å². The largest absolute Gasteiger partial charge is 0.461 e. The van der Waals surface area contributed by atoms with E-state index in [1.807, 2.05) is 71.9 Å². The van der Waals surface area contributed by atoms with Gasteiger partial charge in [0.25, 0.3) is 0 Å². The van der Waals surface area contributed by atoms with Crippen molar-refractivity contribution < 1.29 is 47.8 Å². The number of ether oxygens (including phenoxy) is 5. The van der Waals surface area contributed by atoms with Gasteiger partial charge in [0, 0.05) is 39.5 Å². The van der Waals surface area contributed by atoms with Gasteiger partial charge in [0.2, 0.25) is 0 Å². The quantitative estimate of drug-likeness (QED) is 0.117. The lowest BCUT2D eigenvalue weighted by molar-refractivity contribution is -0.145. The maximum absolute atomic E-state index is 12.6. The fourth-order valence-electron chi connectivity index (χ4n) is 5.16. The van der Waals surface area contributed by atoms with Crippen LogP contribution in [0.5, 0.6) is 0 Å². The molecule has 0 saturated carbocycles. The van der Waals surface area contributed by atoms with Crippen molar-refractivity contribution >= 4 is 24.4 Å². The molecule has 1 N–H and O–H groups in total. The first-order valence-corrected chi connectivity index (χ1v) is 16.0. The van der Waals surface area contributed by atoms with Crippen molar-refractivity contribution in [3.63, 3.8) is 0 Å². The molecule has 1 aromatic heterocycles. The molecule has 0 spiro atoms. The van der Waals surface area contributed by atoms with E-state index in [-0.39, 0.29) is 43.3 Å². The highest BCUT2D eigenvalue weighted by Crippen LogP contribution is 2.34. The van der Waals surface area contributed by atoms with E-state index in [0.717, 1.165) is 5.56 Å². The number of carbonyl (C=O) groups excluding carboxylic acids is 3. The molecule has 14 nitrogen and oxygen atoms in total. The highest BCUT2D eigenvalue weighted by Gasteiger charge is 2.40. The lowest BCUT2D eigenvalue weighted by atomic mass is 10.1. The minimum atomic E-state index is -0.595. The first-order valence-electron chi connectivity index (χ1n) is 16.0. The van der Waals surface area contributed by atoms with Crippen molar-refractivity contribution in [2.45, 2.75) is 109 Å². The molecule has 2 aliphatic rings. The molecule has 0 bridgehead atoms. The molecule has 2 aliphatic heterocycles. The van der Waals surface area contributed by atoms with E-state index in [4.69, 9.17) is 33.4 Å². The van der Waals surface area contributed by atoms with Gasteiger partial charge in [-0.3, -0.25) is 14.6 Å². The SMILES string of the molecule is CO[C@H]1C[C@@H](/C=N/O)N(C(=O)OC(C)(C)C)C1.CO[C@H]1C[C@@H](c2cc(CCC(=O)OCc3ccccc3)on2)N(C(=O)OC(C)(C)C)C1. The molecule has 2 aromatic rings. The highest BCUT2D eigenvalue weighted by atomic mass is 16.6. The van der Waals surface area contributed by atoms with Crippen LogP contribution in [0.3, 0.4) is 0 Å². The second-order valence-electron chi connectivity index (χ2n) is 13.7. The molecule has 2 fully saturated rings. The number of oxime groups is 1. The van der Waals surface area contributed by atoms with Crippen molar-refractivity contribution in [1.29, 1.82) is 0 Å². The number of esters is 1. The minimum absolute atomic E-state index is 0.0504. The zero-order chi connectivity index (χ0) is 35.5. The number of aryl methyl sites for hydroxylation is 1. The Morgan fingerprint density at radius 3 is 2.10 bits per heavy atom. The summed E-state index contributed by atoms with van der Waals surface area (Å²) >= 11 is 0. The molecule has 14 heteroatoms. The third kappa shape index (κ3) is 12.1. The summed E-state index contributed by atoms with van der Waals surface area (Å²) in [5.41, 5.74) is 0.428. The van der Waals surface area contributed by atoms with Gasteiger partial charge in [0.15, 0.2) is 0 Å². The lowest BCUT2D eigenvalue weighted by Gasteiger charge is -2.27. The molecule has 1 aromatic carbocycles. The van der Waals surface area contributed by atoms with Crippen LogP contribution < -0.4 is 0 Å². The van der Waals surface area contributed by atoms with E-state index in [0.29, 0.717) is 43.8 Å². The van der Waals surface area contributed by atoms with E-state index in [9.17, 15) is 14.4 Å². The van der Waals surface area contributed by atoms with Gasteiger partial charge in [-0.05, 0) is 47.1 Å². The average molecular weight is 675 g/mol. The summed E-state index contributed by atoms with van der Waals surface area (Å²) in [6.07, 6.45) is 2.10. The summed E-state index contributed by atoms with van der Waals surface area (Å²) in [6, 6.07) is 10.7. The minimum Gasteiger partial charge on any atom is -0.461 e. The van der Waals surface area contributed by atoms with E-state index in [2.05, 4.69) is 10.3 Å². The van der Waals surface area contributed by atoms with E-state index in [1.165, 1.54) is 11.1 Å². The van der Waals surface area contributed by atoms with E-state index < -0.39 is 23.4 Å². The fourth-order valence-corrected chi connectivity index (χ4v) is 5.16. The molecule has 2 amide bonds. The lowest BCUT2D eigenvalue weighted by Crippen LogP contribution is -2.40. The van der Waals surface area contributed by atoms with Gasteiger partial charge in [0.1, 0.15) is 29.3 Å². The Kier molecular flexibility index (Phi) is 13.8. The predicted octanol–water partition coefficient (Wildman–Crippen LogP) is 5.52. The summed E-state index contributed by atoms with van der Waals surface area (Å²) in [5.74, 6) is 0.258. The predicted molar refractivity (Wildman–Crippen MR) is 175 cm³/mol. The number of methoxy groups -OCH3 is 2. The van der Waals surface area contributed by atoms with Crippen LogP contribution in [-0.4, -0.2) is 101 Å². The van der Waals surface area contributed by atoms with Gasteiger partial charge < -0.3 is 33.4 Å². The van der Waals surface area contributed by atoms with Gasteiger partial charge in [-0.15, -0.1) is 0 Å². The van der Waals surface area contributed by atoms with Crippen molar-refractivity contribution in [2.24, 2.45) is 5.16 Å². The van der Waals surface area contributed by atoms with Gasteiger partial charge in [0.05, 0.1) is 50.0 Å². The molecule has 48 heavy (non-hydrogen) atoms.